The SMILES string of the molecule is C[C@H](NC(=O)c1conc1C(F)(F)F)C(=O)O. The molecule has 0 fully saturated rings. The molecule has 1 amide bonds. The first-order valence-electron chi connectivity index (χ1n) is 4.28. The maximum absolute atomic E-state index is 12.3. The number of aliphatic carboxylic acids is 1. The van der Waals surface area contributed by atoms with Crippen molar-refractivity contribution in [3.05, 3.63) is 17.5 Å². The van der Waals surface area contributed by atoms with E-state index in [-0.39, 0.29) is 0 Å². The lowest BCUT2D eigenvalue weighted by Gasteiger charge is -2.09. The first-order valence-corrected chi connectivity index (χ1v) is 4.28. The molecule has 1 atom stereocenters. The summed E-state index contributed by atoms with van der Waals surface area (Å²) in [5.74, 6) is -2.59. The third-order valence-electron chi connectivity index (χ3n) is 1.80. The zero-order chi connectivity index (χ0) is 13.2. The average molecular weight is 252 g/mol. The third kappa shape index (κ3) is 2.95. The van der Waals surface area contributed by atoms with Gasteiger partial charge in [-0.2, -0.15) is 13.2 Å². The maximum Gasteiger partial charge on any atom is 0.437 e. The number of hydrogen-bond acceptors (Lipinski definition) is 4. The first-order chi connectivity index (χ1) is 7.73. The number of nitrogens with one attached hydrogen (secondary N) is 1. The summed E-state index contributed by atoms with van der Waals surface area (Å²) in [6.45, 7) is 1.11. The largest absolute Gasteiger partial charge is 0.480 e. The van der Waals surface area contributed by atoms with Gasteiger partial charge in [-0.1, -0.05) is 5.16 Å². The summed E-state index contributed by atoms with van der Waals surface area (Å²) in [6, 6.07) is -1.32. The Balaban J connectivity index is 2.91. The van der Waals surface area contributed by atoms with Crippen molar-refractivity contribution < 1.29 is 32.4 Å². The second-order valence-corrected chi connectivity index (χ2v) is 3.11. The number of amides is 1. The lowest BCUT2D eigenvalue weighted by atomic mass is 10.2. The average Bonchev–Trinajstić information content (AvgIpc) is 2.64. The van der Waals surface area contributed by atoms with Crippen LogP contribution in [0.5, 0.6) is 0 Å². The van der Waals surface area contributed by atoms with E-state index in [1.165, 1.54) is 0 Å². The predicted molar refractivity (Wildman–Crippen MR) is 46.1 cm³/mol. The van der Waals surface area contributed by atoms with E-state index in [4.69, 9.17) is 5.11 Å². The second-order valence-electron chi connectivity index (χ2n) is 3.11. The van der Waals surface area contributed by atoms with Crippen LogP contribution in [0.2, 0.25) is 0 Å². The van der Waals surface area contributed by atoms with E-state index in [0.29, 0.717) is 6.26 Å². The van der Waals surface area contributed by atoms with Crippen LogP contribution in [0.25, 0.3) is 0 Å². The summed E-state index contributed by atoms with van der Waals surface area (Å²) in [5, 5.41) is 13.0. The van der Waals surface area contributed by atoms with E-state index in [2.05, 4.69) is 9.68 Å². The zero-order valence-electron chi connectivity index (χ0n) is 8.41. The number of nitrogens with zero attached hydrogens (tertiary/aromatic N) is 1. The third-order valence-corrected chi connectivity index (χ3v) is 1.80. The van der Waals surface area contributed by atoms with Crippen LogP contribution >= 0.6 is 0 Å². The van der Waals surface area contributed by atoms with Crippen molar-refractivity contribution in [2.45, 2.75) is 19.1 Å². The smallest absolute Gasteiger partial charge is 0.437 e. The van der Waals surface area contributed by atoms with Gasteiger partial charge in [0, 0.05) is 0 Å². The van der Waals surface area contributed by atoms with Gasteiger partial charge in [0.25, 0.3) is 5.91 Å². The normalized spacial score (nSPS) is 13.2. The Labute approximate surface area is 92.4 Å². The van der Waals surface area contributed by atoms with Crippen molar-refractivity contribution in [1.82, 2.24) is 10.5 Å². The van der Waals surface area contributed by atoms with Gasteiger partial charge in [0.05, 0.1) is 0 Å². The number of carboxylic acids is 1. The van der Waals surface area contributed by atoms with Crippen molar-refractivity contribution in [1.29, 1.82) is 0 Å². The Morgan fingerprint density at radius 2 is 2.12 bits per heavy atom. The van der Waals surface area contributed by atoms with Crippen LogP contribution < -0.4 is 5.32 Å². The van der Waals surface area contributed by atoms with Gasteiger partial charge in [0.2, 0.25) is 0 Å². The summed E-state index contributed by atoms with van der Waals surface area (Å²) >= 11 is 0. The summed E-state index contributed by atoms with van der Waals surface area (Å²) in [5.41, 5.74) is -2.35. The Bertz CT molecular complexity index is 440. The number of halogens is 3. The van der Waals surface area contributed by atoms with Crippen LogP contribution in [-0.4, -0.2) is 28.2 Å². The van der Waals surface area contributed by atoms with Crippen molar-refractivity contribution in [2.24, 2.45) is 0 Å². The molecule has 0 aliphatic heterocycles. The van der Waals surface area contributed by atoms with Gasteiger partial charge in [0.1, 0.15) is 17.9 Å². The highest BCUT2D eigenvalue weighted by atomic mass is 19.4. The van der Waals surface area contributed by atoms with Gasteiger partial charge >= 0.3 is 12.1 Å². The van der Waals surface area contributed by atoms with Crippen molar-refractivity contribution in [3.63, 3.8) is 0 Å². The number of carbonyl (C=O) groups is 2. The van der Waals surface area contributed by atoms with E-state index in [0.717, 1.165) is 6.92 Å². The fraction of sp³-hybridized carbons (Fsp3) is 0.375. The lowest BCUT2D eigenvalue weighted by Crippen LogP contribution is -2.38. The molecule has 9 heteroatoms. The summed E-state index contributed by atoms with van der Waals surface area (Å²) < 4.78 is 41.0. The summed E-state index contributed by atoms with van der Waals surface area (Å²) in [6.07, 6.45) is -4.33. The molecule has 6 nitrogen and oxygen atoms in total. The zero-order valence-corrected chi connectivity index (χ0v) is 8.41. The van der Waals surface area contributed by atoms with Crippen LogP contribution in [-0.2, 0) is 11.0 Å². The quantitative estimate of drug-likeness (QED) is 0.833. The second kappa shape index (κ2) is 4.44. The van der Waals surface area contributed by atoms with Gasteiger partial charge < -0.3 is 14.9 Å². The molecule has 0 radical (unpaired) electrons. The fourth-order valence-corrected chi connectivity index (χ4v) is 0.938. The predicted octanol–water partition coefficient (Wildman–Crippen LogP) is 0.896. The number of aromatic nitrogens is 1. The van der Waals surface area contributed by atoms with Crippen LogP contribution in [0, 0.1) is 0 Å². The minimum absolute atomic E-state index is 0.507. The van der Waals surface area contributed by atoms with Gasteiger partial charge in [-0.25, -0.2) is 0 Å². The molecule has 0 spiro atoms. The van der Waals surface area contributed by atoms with Crippen LogP contribution in [0.3, 0.4) is 0 Å². The number of alkyl halides is 3. The van der Waals surface area contributed by atoms with Crippen molar-refractivity contribution in [3.8, 4) is 0 Å². The van der Waals surface area contributed by atoms with Crippen LogP contribution in [0.1, 0.15) is 23.0 Å². The van der Waals surface area contributed by atoms with Crippen molar-refractivity contribution >= 4 is 11.9 Å². The molecule has 1 aromatic rings. The molecule has 94 valence electrons. The van der Waals surface area contributed by atoms with E-state index in [1.807, 2.05) is 5.32 Å². The van der Waals surface area contributed by atoms with E-state index >= 15 is 0 Å². The molecule has 1 aromatic heterocycles. The van der Waals surface area contributed by atoms with Crippen LogP contribution in [0.15, 0.2) is 10.8 Å². The molecule has 0 bridgehead atoms. The molecule has 1 heterocycles. The molecule has 17 heavy (non-hydrogen) atoms. The molecule has 0 aliphatic carbocycles. The van der Waals surface area contributed by atoms with Gasteiger partial charge in [-0.05, 0) is 6.92 Å². The fourth-order valence-electron chi connectivity index (χ4n) is 0.938. The van der Waals surface area contributed by atoms with Gasteiger partial charge in [-0.3, -0.25) is 9.59 Å². The standard InChI is InChI=1S/C8H7F3N2O4/c1-3(7(15)16)12-6(14)4-2-17-13-5(4)8(9,10)11/h2-3H,1H3,(H,12,14)(H,15,16)/t3-/m0/s1. The molecule has 0 aromatic carbocycles. The van der Waals surface area contributed by atoms with E-state index in [1.54, 1.807) is 0 Å². The highest BCUT2D eigenvalue weighted by Gasteiger charge is 2.39. The van der Waals surface area contributed by atoms with Crippen molar-refractivity contribution in [2.75, 3.05) is 0 Å². The molecular formula is C8H7F3N2O4. The highest BCUT2D eigenvalue weighted by Crippen LogP contribution is 2.30. The van der Waals surface area contributed by atoms with E-state index < -0.39 is 35.4 Å². The Kier molecular flexibility index (Phi) is 3.39. The number of rotatable bonds is 3. The molecule has 0 saturated heterocycles. The minimum Gasteiger partial charge on any atom is -0.480 e. The maximum atomic E-state index is 12.3. The van der Waals surface area contributed by atoms with Gasteiger partial charge in [0.15, 0.2) is 5.69 Å². The molecule has 1 rings (SSSR count). The monoisotopic (exact) mass is 252 g/mol. The molecule has 0 unspecified atom stereocenters. The summed E-state index contributed by atoms with van der Waals surface area (Å²) in [7, 11) is 0. The Hall–Kier alpha value is -2.06. The Morgan fingerprint density at radius 1 is 1.53 bits per heavy atom. The number of carbonyl (C=O) groups excluding carboxylic acids is 1. The Morgan fingerprint density at radius 3 is 2.59 bits per heavy atom. The number of hydrogen-bond donors (Lipinski definition) is 2. The molecule has 2 N–H and O–H groups in total. The van der Waals surface area contributed by atoms with Crippen LogP contribution in [0.4, 0.5) is 13.2 Å². The first kappa shape index (κ1) is 13.0. The van der Waals surface area contributed by atoms with Gasteiger partial charge in [-0.15, -0.1) is 0 Å². The topological polar surface area (TPSA) is 92.4 Å². The highest BCUT2D eigenvalue weighted by molar-refractivity contribution is 5.97. The molecular weight excluding hydrogens is 245 g/mol. The lowest BCUT2D eigenvalue weighted by molar-refractivity contribution is -0.143. The molecule has 0 saturated carbocycles. The minimum atomic E-state index is -4.84. The van der Waals surface area contributed by atoms with E-state index in [9.17, 15) is 22.8 Å². The number of carboxylic acid groups (broad SMARTS) is 1. The molecule has 0 aliphatic rings. The summed E-state index contributed by atoms with van der Waals surface area (Å²) in [4.78, 5) is 21.7.